The third-order valence-corrected chi connectivity index (χ3v) is 3.93. The van der Waals surface area contributed by atoms with Gasteiger partial charge in [-0.05, 0) is 35.8 Å². The van der Waals surface area contributed by atoms with E-state index in [2.05, 4.69) is 66.5 Å². The Balaban J connectivity index is 0.00000144. The number of hydrogen-bond acceptors (Lipinski definition) is 1. The average Bonchev–Trinajstić information content (AvgIpc) is 2.82. The van der Waals surface area contributed by atoms with Gasteiger partial charge in [-0.3, -0.25) is 4.98 Å². The van der Waals surface area contributed by atoms with E-state index >= 15 is 0 Å². The quantitative estimate of drug-likeness (QED) is 0.460. The van der Waals surface area contributed by atoms with Gasteiger partial charge in [0.05, 0.1) is 5.69 Å². The van der Waals surface area contributed by atoms with E-state index in [1.54, 1.807) is 0 Å². The monoisotopic (exact) mass is 305 g/mol. The first-order valence-electron chi connectivity index (χ1n) is 7.16. The van der Waals surface area contributed by atoms with E-state index in [9.17, 15) is 0 Å². The van der Waals surface area contributed by atoms with Gasteiger partial charge in [0.15, 0.2) is 0 Å². The molecule has 0 atom stereocenters. The lowest BCUT2D eigenvalue weighted by Gasteiger charge is -2.04. The maximum atomic E-state index is 4.58. The predicted octanol–water partition coefficient (Wildman–Crippen LogP) is 5.38. The van der Waals surface area contributed by atoms with Crippen molar-refractivity contribution in [3.05, 3.63) is 89.1 Å². The first kappa shape index (κ1) is 14.6. The summed E-state index contributed by atoms with van der Waals surface area (Å²) in [6, 6.07) is 21.2. The third kappa shape index (κ3) is 2.34. The Morgan fingerprint density at radius 3 is 2.45 bits per heavy atom. The fourth-order valence-corrected chi connectivity index (χ4v) is 2.94. The van der Waals surface area contributed by atoms with Crippen LogP contribution in [-0.2, 0) is 0 Å². The van der Waals surface area contributed by atoms with Gasteiger partial charge in [0.2, 0.25) is 0 Å². The van der Waals surface area contributed by atoms with Gasteiger partial charge in [-0.2, -0.15) is 0 Å². The molecule has 1 heterocycles. The largest absolute Gasteiger partial charge is 0.256 e. The molecule has 1 aromatic heterocycles. The van der Waals surface area contributed by atoms with Crippen molar-refractivity contribution in [3.63, 3.8) is 0 Å². The van der Waals surface area contributed by atoms with Crippen LogP contribution in [0.25, 0.3) is 22.9 Å². The van der Waals surface area contributed by atoms with Gasteiger partial charge in [0.1, 0.15) is 0 Å². The van der Waals surface area contributed by atoms with Crippen LogP contribution in [0.1, 0.15) is 22.3 Å². The van der Waals surface area contributed by atoms with Crippen molar-refractivity contribution in [2.45, 2.75) is 6.92 Å². The second kappa shape index (κ2) is 5.78. The maximum absolute atomic E-state index is 4.58. The Bertz CT molecular complexity index is 851. The van der Waals surface area contributed by atoms with E-state index in [-0.39, 0.29) is 12.4 Å². The summed E-state index contributed by atoms with van der Waals surface area (Å²) in [5, 5.41) is 0. The molecule has 0 aliphatic heterocycles. The zero-order chi connectivity index (χ0) is 14.2. The van der Waals surface area contributed by atoms with Crippen LogP contribution in [0.2, 0.25) is 0 Å². The lowest BCUT2D eigenvalue weighted by atomic mass is 10.00. The lowest BCUT2D eigenvalue weighted by Crippen LogP contribution is -1.83. The second-order valence-corrected chi connectivity index (χ2v) is 5.42. The van der Waals surface area contributed by atoms with Crippen LogP contribution >= 0.6 is 12.4 Å². The summed E-state index contributed by atoms with van der Waals surface area (Å²) in [7, 11) is 0. The van der Waals surface area contributed by atoms with Crippen LogP contribution in [0.4, 0.5) is 0 Å². The number of nitrogens with zero attached hydrogens (tertiary/aromatic N) is 1. The van der Waals surface area contributed by atoms with Crippen molar-refractivity contribution in [2.75, 3.05) is 0 Å². The first-order chi connectivity index (χ1) is 10.3. The molecule has 1 aliphatic rings. The molecule has 1 aliphatic carbocycles. The van der Waals surface area contributed by atoms with Crippen molar-refractivity contribution >= 4 is 24.1 Å². The molecule has 22 heavy (non-hydrogen) atoms. The van der Waals surface area contributed by atoms with Gasteiger partial charge in [-0.1, -0.05) is 60.2 Å². The highest BCUT2D eigenvalue weighted by Crippen LogP contribution is 2.43. The summed E-state index contributed by atoms with van der Waals surface area (Å²) >= 11 is 0. The summed E-state index contributed by atoms with van der Waals surface area (Å²) < 4.78 is 0. The van der Waals surface area contributed by atoms with Crippen molar-refractivity contribution in [2.24, 2.45) is 0 Å². The molecule has 108 valence electrons. The van der Waals surface area contributed by atoms with E-state index < -0.39 is 0 Å². The minimum absolute atomic E-state index is 0. The SMILES string of the molecule is Cc1ccc2c(c1)/C(=C/c1ccccc1)c1cccnc1-2.Cl. The van der Waals surface area contributed by atoms with Gasteiger partial charge < -0.3 is 0 Å². The normalized spacial score (nSPS) is 13.4. The summed E-state index contributed by atoms with van der Waals surface area (Å²) in [6.45, 7) is 2.14. The zero-order valence-corrected chi connectivity index (χ0v) is 13.1. The third-order valence-electron chi connectivity index (χ3n) is 3.93. The number of benzene rings is 2. The van der Waals surface area contributed by atoms with Gasteiger partial charge in [0.25, 0.3) is 0 Å². The minimum atomic E-state index is 0. The van der Waals surface area contributed by atoms with E-state index in [0.717, 1.165) is 5.69 Å². The number of aromatic nitrogens is 1. The van der Waals surface area contributed by atoms with Crippen molar-refractivity contribution < 1.29 is 0 Å². The lowest BCUT2D eigenvalue weighted by molar-refractivity contribution is 1.33. The first-order valence-corrected chi connectivity index (χ1v) is 7.16. The van der Waals surface area contributed by atoms with Crippen LogP contribution in [0.5, 0.6) is 0 Å². The molecule has 4 rings (SSSR count). The highest BCUT2D eigenvalue weighted by molar-refractivity contribution is 6.05. The molecule has 2 heteroatoms. The fraction of sp³-hybridized carbons (Fsp3) is 0.0500. The van der Waals surface area contributed by atoms with Crippen LogP contribution in [0.3, 0.4) is 0 Å². The summed E-state index contributed by atoms with van der Waals surface area (Å²) in [6.07, 6.45) is 4.12. The molecular formula is C20H16ClN. The smallest absolute Gasteiger partial charge is 0.0786 e. The van der Waals surface area contributed by atoms with Crippen LogP contribution in [0, 0.1) is 6.92 Å². The standard InChI is InChI=1S/C20H15N.ClH/c1-14-9-10-17-18(12-14)19(13-15-6-3-2-4-7-15)16-8-5-11-21-20(16)17;/h2-13H,1H3;1H/b19-13+;. The maximum Gasteiger partial charge on any atom is 0.0786 e. The fourth-order valence-electron chi connectivity index (χ4n) is 2.94. The molecule has 0 radical (unpaired) electrons. The molecule has 1 nitrogen and oxygen atoms in total. The molecular weight excluding hydrogens is 290 g/mol. The van der Waals surface area contributed by atoms with Gasteiger partial charge in [-0.25, -0.2) is 0 Å². The van der Waals surface area contributed by atoms with Crippen molar-refractivity contribution in [1.82, 2.24) is 4.98 Å². The van der Waals surface area contributed by atoms with Gasteiger partial charge in [0, 0.05) is 17.3 Å². The molecule has 3 aromatic rings. The Labute approximate surface area is 136 Å². The van der Waals surface area contributed by atoms with E-state index in [0.29, 0.717) is 0 Å². The number of hydrogen-bond donors (Lipinski definition) is 0. The molecule has 2 aromatic carbocycles. The van der Waals surface area contributed by atoms with Gasteiger partial charge in [-0.15, -0.1) is 12.4 Å². The highest BCUT2D eigenvalue weighted by Gasteiger charge is 2.24. The Morgan fingerprint density at radius 1 is 0.818 bits per heavy atom. The Morgan fingerprint density at radius 2 is 1.64 bits per heavy atom. The molecule has 0 N–H and O–H groups in total. The minimum Gasteiger partial charge on any atom is -0.256 e. The van der Waals surface area contributed by atoms with E-state index in [4.69, 9.17) is 0 Å². The number of fused-ring (bicyclic) bond motifs is 3. The number of halogens is 1. The summed E-state index contributed by atoms with van der Waals surface area (Å²) in [5.41, 5.74) is 8.60. The Hall–Kier alpha value is -2.38. The number of aryl methyl sites for hydroxylation is 1. The molecule has 0 saturated carbocycles. The van der Waals surface area contributed by atoms with E-state index in [1.807, 2.05) is 18.3 Å². The predicted molar refractivity (Wildman–Crippen MR) is 95.1 cm³/mol. The zero-order valence-electron chi connectivity index (χ0n) is 12.3. The molecule has 0 fully saturated rings. The van der Waals surface area contributed by atoms with Crippen molar-refractivity contribution in [1.29, 1.82) is 0 Å². The van der Waals surface area contributed by atoms with Crippen LogP contribution in [0.15, 0.2) is 66.9 Å². The van der Waals surface area contributed by atoms with Crippen LogP contribution in [-0.4, -0.2) is 4.98 Å². The number of rotatable bonds is 1. The summed E-state index contributed by atoms with van der Waals surface area (Å²) in [5.74, 6) is 0. The van der Waals surface area contributed by atoms with Crippen molar-refractivity contribution in [3.8, 4) is 11.3 Å². The van der Waals surface area contributed by atoms with Gasteiger partial charge >= 0.3 is 0 Å². The molecule has 0 unspecified atom stereocenters. The Kier molecular flexibility index (Phi) is 3.82. The second-order valence-electron chi connectivity index (χ2n) is 5.42. The number of pyridine rings is 1. The summed E-state index contributed by atoms with van der Waals surface area (Å²) in [4.78, 5) is 4.58. The molecule has 0 amide bonds. The topological polar surface area (TPSA) is 12.9 Å². The van der Waals surface area contributed by atoms with Crippen LogP contribution < -0.4 is 0 Å². The van der Waals surface area contributed by atoms with E-state index in [1.165, 1.54) is 33.4 Å². The molecule has 0 bridgehead atoms. The molecule has 0 spiro atoms. The average molecular weight is 306 g/mol. The highest BCUT2D eigenvalue weighted by atomic mass is 35.5. The molecule has 0 saturated heterocycles.